The molecule has 0 saturated heterocycles. The third kappa shape index (κ3) is 73.5. The monoisotopic (exact) mass is 1230 g/mol. The molecule has 3 N–H and O–H groups in total. The number of aliphatic hydroxyl groups excluding tert-OH is 2. The number of aliphatic hydroxyl groups is 2. The van der Waals surface area contributed by atoms with Crippen LogP contribution in [0.25, 0.3) is 0 Å². The van der Waals surface area contributed by atoms with Gasteiger partial charge in [-0.1, -0.05) is 418 Å². The van der Waals surface area contributed by atoms with Gasteiger partial charge in [0.1, 0.15) is 0 Å². The number of carbonyl (C=O) groups is 2. The Morgan fingerprint density at radius 3 is 0.816 bits per heavy atom. The second kappa shape index (κ2) is 77.1. The summed E-state index contributed by atoms with van der Waals surface area (Å²) >= 11 is 0. The summed E-state index contributed by atoms with van der Waals surface area (Å²) in [5.74, 6) is -0.00673. The van der Waals surface area contributed by atoms with Gasteiger partial charge in [0.15, 0.2) is 0 Å². The molecule has 0 aliphatic rings. The lowest BCUT2D eigenvalue weighted by Gasteiger charge is -2.22. The fraction of sp³-hybridized carbons (Fsp3) is 0.951. The molecule has 6 heteroatoms. The summed E-state index contributed by atoms with van der Waals surface area (Å²) in [7, 11) is 0. The van der Waals surface area contributed by atoms with E-state index in [1.54, 1.807) is 0 Å². The topological polar surface area (TPSA) is 95.9 Å². The van der Waals surface area contributed by atoms with Crippen molar-refractivity contribution in [3.05, 3.63) is 12.2 Å². The van der Waals surface area contributed by atoms with Gasteiger partial charge in [0.2, 0.25) is 5.91 Å². The molecule has 2 atom stereocenters. The molecule has 0 aromatic carbocycles. The molecule has 518 valence electrons. The molecule has 1 amide bonds. The number of allylic oxidation sites excluding steroid dienone is 2. The number of rotatable bonds is 77. The molecule has 0 aromatic rings. The third-order valence-electron chi connectivity index (χ3n) is 19.3. The molecule has 87 heavy (non-hydrogen) atoms. The van der Waals surface area contributed by atoms with Crippen LogP contribution in [0, 0.1) is 0 Å². The van der Waals surface area contributed by atoms with E-state index >= 15 is 0 Å². The van der Waals surface area contributed by atoms with Crippen LogP contribution in [0.2, 0.25) is 0 Å². The summed E-state index contributed by atoms with van der Waals surface area (Å²) in [6.45, 7) is 5.01. The van der Waals surface area contributed by atoms with Gasteiger partial charge < -0.3 is 20.3 Å². The Morgan fingerprint density at radius 1 is 0.310 bits per heavy atom. The summed E-state index contributed by atoms with van der Waals surface area (Å²) in [4.78, 5) is 24.7. The fourth-order valence-electron chi connectivity index (χ4n) is 13.2. The Labute approximate surface area is 546 Å². The number of unbranched alkanes of at least 4 members (excludes halogenated alkanes) is 64. The molecule has 0 aliphatic carbocycles. The SMILES string of the molecule is CCCCCCCC/C=C\CCCCCCCCCC(=O)OCCCCCCCCCCCCCCCCCCCCCCCCCCCCCCCCC(=O)NC(CO)C(O)CCCCCCCCCCCCCCCCCCCCCCCCC. The van der Waals surface area contributed by atoms with Gasteiger partial charge in [-0.25, -0.2) is 0 Å². The quantitative estimate of drug-likeness (QED) is 0.0320. The van der Waals surface area contributed by atoms with Crippen LogP contribution in [-0.2, 0) is 14.3 Å². The number of carbonyl (C=O) groups excluding carboxylic acids is 2. The Bertz CT molecular complexity index is 1320. The second-order valence-electron chi connectivity index (χ2n) is 28.1. The molecule has 0 fully saturated rings. The summed E-state index contributed by atoms with van der Waals surface area (Å²) in [5.41, 5.74) is 0. The smallest absolute Gasteiger partial charge is 0.305 e. The first kappa shape index (κ1) is 85.6. The standard InChI is InChI=1S/C81H159NO5/c1-3-5-7-9-11-13-15-17-19-21-22-23-32-35-38-42-45-49-53-57-61-65-69-73-79(84)78(77-83)82-80(85)74-70-66-62-58-54-50-46-43-39-36-33-30-28-26-24-25-27-29-31-34-37-40-44-48-52-56-60-64-68-72-76-87-81(86)75-71-67-63-59-55-51-47-41-20-18-16-14-12-10-8-6-4-2/h18,20,78-79,83-84H,3-17,19,21-77H2,1-2H3,(H,82,85)/b20-18-. The van der Waals surface area contributed by atoms with Crippen molar-refractivity contribution in [2.24, 2.45) is 0 Å². The zero-order valence-electron chi connectivity index (χ0n) is 59.5. The molecular formula is C81H159NO5. The van der Waals surface area contributed by atoms with Crippen molar-refractivity contribution in [2.45, 2.75) is 482 Å². The van der Waals surface area contributed by atoms with Crippen molar-refractivity contribution >= 4 is 11.9 Å². The highest BCUT2D eigenvalue weighted by Crippen LogP contribution is 2.21. The number of nitrogens with one attached hydrogen (secondary N) is 1. The lowest BCUT2D eigenvalue weighted by molar-refractivity contribution is -0.143. The summed E-state index contributed by atoms with van der Waals surface area (Å²) in [6, 6.07) is -0.539. The van der Waals surface area contributed by atoms with Gasteiger partial charge in [0.05, 0.1) is 25.4 Å². The number of hydrogen-bond donors (Lipinski definition) is 3. The molecule has 0 radical (unpaired) electrons. The predicted molar refractivity (Wildman–Crippen MR) is 384 cm³/mol. The zero-order chi connectivity index (χ0) is 62.8. The maximum absolute atomic E-state index is 12.6. The van der Waals surface area contributed by atoms with E-state index in [9.17, 15) is 19.8 Å². The molecule has 2 unspecified atom stereocenters. The average molecular weight is 1230 g/mol. The van der Waals surface area contributed by atoms with Gasteiger partial charge in [-0.05, 0) is 51.4 Å². The number of esters is 1. The van der Waals surface area contributed by atoms with Crippen LogP contribution < -0.4 is 5.32 Å². The minimum Gasteiger partial charge on any atom is -0.466 e. The number of ether oxygens (including phenoxy) is 1. The molecule has 6 nitrogen and oxygen atoms in total. The third-order valence-corrected chi connectivity index (χ3v) is 19.3. The van der Waals surface area contributed by atoms with Gasteiger partial charge in [-0.15, -0.1) is 0 Å². The van der Waals surface area contributed by atoms with Gasteiger partial charge in [-0.3, -0.25) is 9.59 Å². The average Bonchev–Trinajstić information content (AvgIpc) is 3.53. The van der Waals surface area contributed by atoms with Gasteiger partial charge in [-0.2, -0.15) is 0 Å². The fourth-order valence-corrected chi connectivity index (χ4v) is 13.2. The van der Waals surface area contributed by atoms with Crippen molar-refractivity contribution < 1.29 is 24.5 Å². The first-order chi connectivity index (χ1) is 43.0. The van der Waals surface area contributed by atoms with Crippen LogP contribution in [0.1, 0.15) is 470 Å². The normalized spacial score (nSPS) is 12.5. The molecule has 0 spiro atoms. The highest BCUT2D eigenvalue weighted by atomic mass is 16.5. The molecule has 0 rings (SSSR count). The van der Waals surface area contributed by atoms with E-state index in [1.807, 2.05) is 0 Å². The lowest BCUT2D eigenvalue weighted by Crippen LogP contribution is -2.45. The minimum atomic E-state index is -0.662. The van der Waals surface area contributed by atoms with Crippen LogP contribution in [0.15, 0.2) is 12.2 Å². The molecule has 0 aromatic heterocycles. The van der Waals surface area contributed by atoms with Crippen LogP contribution in [0.5, 0.6) is 0 Å². The van der Waals surface area contributed by atoms with Crippen molar-refractivity contribution in [1.82, 2.24) is 5.32 Å². The molecule has 0 bridgehead atoms. The van der Waals surface area contributed by atoms with E-state index in [4.69, 9.17) is 4.74 Å². The van der Waals surface area contributed by atoms with Gasteiger partial charge >= 0.3 is 5.97 Å². The highest BCUT2D eigenvalue weighted by Gasteiger charge is 2.20. The Morgan fingerprint density at radius 2 is 0.540 bits per heavy atom. The van der Waals surface area contributed by atoms with E-state index in [2.05, 4.69) is 31.3 Å². The Balaban J connectivity index is 3.33. The Hall–Kier alpha value is -1.40. The summed E-state index contributed by atoms with van der Waals surface area (Å²) in [5, 5.41) is 23.5. The van der Waals surface area contributed by atoms with Crippen LogP contribution in [0.3, 0.4) is 0 Å². The molecular weight excluding hydrogens is 1070 g/mol. The molecule has 0 aliphatic heterocycles. The number of amides is 1. The van der Waals surface area contributed by atoms with Gasteiger partial charge in [0.25, 0.3) is 0 Å². The second-order valence-corrected chi connectivity index (χ2v) is 28.1. The lowest BCUT2D eigenvalue weighted by atomic mass is 10.0. The van der Waals surface area contributed by atoms with Crippen LogP contribution in [0.4, 0.5) is 0 Å². The first-order valence-corrected chi connectivity index (χ1v) is 40.4. The first-order valence-electron chi connectivity index (χ1n) is 40.4. The minimum absolute atomic E-state index is 0.0182. The predicted octanol–water partition coefficient (Wildman–Crippen LogP) is 26.7. The number of hydrogen-bond acceptors (Lipinski definition) is 5. The van der Waals surface area contributed by atoms with Crippen LogP contribution in [-0.4, -0.2) is 47.4 Å². The zero-order valence-corrected chi connectivity index (χ0v) is 59.5. The van der Waals surface area contributed by atoms with Crippen molar-refractivity contribution in [2.75, 3.05) is 13.2 Å². The highest BCUT2D eigenvalue weighted by molar-refractivity contribution is 5.76. The maximum Gasteiger partial charge on any atom is 0.305 e. The van der Waals surface area contributed by atoms with Crippen molar-refractivity contribution in [1.29, 1.82) is 0 Å². The van der Waals surface area contributed by atoms with E-state index in [0.717, 1.165) is 44.9 Å². The molecule has 0 saturated carbocycles. The van der Waals surface area contributed by atoms with Gasteiger partial charge in [0, 0.05) is 12.8 Å². The van der Waals surface area contributed by atoms with E-state index < -0.39 is 12.1 Å². The Kier molecular flexibility index (Phi) is 75.8. The maximum atomic E-state index is 12.6. The van der Waals surface area contributed by atoms with E-state index in [1.165, 1.54) is 392 Å². The van der Waals surface area contributed by atoms with Crippen molar-refractivity contribution in [3.63, 3.8) is 0 Å². The summed E-state index contributed by atoms with van der Waals surface area (Å²) in [6.07, 6.45) is 97.4. The van der Waals surface area contributed by atoms with E-state index in [-0.39, 0.29) is 18.5 Å². The molecule has 0 heterocycles. The summed E-state index contributed by atoms with van der Waals surface area (Å²) < 4.78 is 5.51. The largest absolute Gasteiger partial charge is 0.466 e. The van der Waals surface area contributed by atoms with E-state index in [0.29, 0.717) is 25.9 Å². The van der Waals surface area contributed by atoms with Crippen LogP contribution >= 0.6 is 0 Å². The van der Waals surface area contributed by atoms with Crippen molar-refractivity contribution in [3.8, 4) is 0 Å².